The van der Waals surface area contributed by atoms with Crippen LogP contribution in [0, 0.1) is 0 Å². The first-order valence-electron chi connectivity index (χ1n) is 12.6. The predicted octanol–water partition coefficient (Wildman–Crippen LogP) is 5.11. The summed E-state index contributed by atoms with van der Waals surface area (Å²) in [5.41, 5.74) is 2.96. The summed E-state index contributed by atoms with van der Waals surface area (Å²) >= 11 is 0. The fourth-order valence-electron chi connectivity index (χ4n) is 4.34. The minimum Gasteiger partial charge on any atom is -0.282 e. The number of benzene rings is 3. The van der Waals surface area contributed by atoms with Crippen LogP contribution in [0.15, 0.2) is 87.5 Å². The number of hydrogen-bond donors (Lipinski definition) is 3. The molecule has 0 aliphatic rings. The SMILES string of the molecule is O=S(=O)(O)c1ccc(CCCP(CCCc2ccc(S(=O)(=O)O)cc2)CCCc2ccc(S(=O)(=O)O)cc2)cc1. The molecule has 3 N–H and O–H groups in total. The summed E-state index contributed by atoms with van der Waals surface area (Å²) in [6.07, 6.45) is 8.13. The quantitative estimate of drug-likeness (QED) is 0.153. The Bertz CT molecular complexity index is 1370. The number of rotatable bonds is 15. The Kier molecular flexibility index (Phi) is 11.4. The largest absolute Gasteiger partial charge is 0.294 e. The van der Waals surface area contributed by atoms with Crippen LogP contribution in [0.4, 0.5) is 0 Å². The van der Waals surface area contributed by atoms with E-state index in [1.807, 2.05) is 0 Å². The van der Waals surface area contributed by atoms with E-state index in [0.717, 1.165) is 73.7 Å². The maximum atomic E-state index is 11.3. The summed E-state index contributed by atoms with van der Waals surface area (Å²) < 4.78 is 95.0. The second kappa shape index (κ2) is 14.1. The van der Waals surface area contributed by atoms with E-state index < -0.39 is 30.4 Å². The Hall–Kier alpha value is -2.18. The molecule has 9 nitrogen and oxygen atoms in total. The second-order valence-electron chi connectivity index (χ2n) is 9.51. The summed E-state index contributed by atoms with van der Waals surface area (Å²) in [7, 11) is -13.0. The highest BCUT2D eigenvalue weighted by Crippen LogP contribution is 2.39. The number of aryl methyl sites for hydroxylation is 3. The van der Waals surface area contributed by atoms with Crippen LogP contribution in [0.1, 0.15) is 36.0 Å². The molecular formula is C27H33O9PS3. The van der Waals surface area contributed by atoms with Crippen LogP contribution in [0.5, 0.6) is 0 Å². The lowest BCUT2D eigenvalue weighted by molar-refractivity contribution is 0.481. The third kappa shape index (κ3) is 10.7. The zero-order chi connectivity index (χ0) is 29.4. The summed E-state index contributed by atoms with van der Waals surface area (Å²) in [5, 5.41) is 0. The summed E-state index contributed by atoms with van der Waals surface area (Å²) in [4.78, 5) is -0.395. The van der Waals surface area contributed by atoms with Crippen molar-refractivity contribution in [2.45, 2.75) is 53.2 Å². The third-order valence-corrected chi connectivity index (χ3v) is 11.9. The molecule has 3 rings (SSSR count). The van der Waals surface area contributed by atoms with Gasteiger partial charge >= 0.3 is 0 Å². The molecule has 0 amide bonds. The highest BCUT2D eigenvalue weighted by Gasteiger charge is 2.13. The van der Waals surface area contributed by atoms with Crippen LogP contribution in [-0.4, -0.2) is 57.4 Å². The van der Waals surface area contributed by atoms with Gasteiger partial charge in [0.1, 0.15) is 0 Å². The van der Waals surface area contributed by atoms with Gasteiger partial charge in [-0.15, -0.1) is 7.92 Å². The van der Waals surface area contributed by atoms with Crippen molar-refractivity contribution in [1.29, 1.82) is 0 Å². The van der Waals surface area contributed by atoms with Gasteiger partial charge in [0.2, 0.25) is 0 Å². The van der Waals surface area contributed by atoms with Crippen LogP contribution in [0.3, 0.4) is 0 Å². The van der Waals surface area contributed by atoms with Crippen molar-refractivity contribution in [2.24, 2.45) is 0 Å². The number of hydrogen-bond acceptors (Lipinski definition) is 6. The molecule has 0 aliphatic heterocycles. The van der Waals surface area contributed by atoms with Gasteiger partial charge in [-0.25, -0.2) is 0 Å². The predicted molar refractivity (Wildman–Crippen MR) is 155 cm³/mol. The maximum absolute atomic E-state index is 11.3. The Balaban J connectivity index is 1.56. The molecule has 0 unspecified atom stereocenters. The van der Waals surface area contributed by atoms with Crippen molar-refractivity contribution in [1.82, 2.24) is 0 Å². The first-order valence-corrected chi connectivity index (χ1v) is 18.9. The lowest BCUT2D eigenvalue weighted by Gasteiger charge is -2.18. The standard InChI is InChI=1S/C27H33O9PS3/c28-38(29,30)25-13-7-22(8-14-25)4-1-19-37(20-2-5-23-9-15-26(16-10-23)39(31,32)33)21-3-6-24-11-17-27(18-12-24)40(34,35)36/h7-18H,1-6,19-21H2,(H,28,29,30)(H,31,32,33)(H,34,35,36). The monoisotopic (exact) mass is 628 g/mol. The molecule has 0 aliphatic carbocycles. The van der Waals surface area contributed by atoms with Crippen LogP contribution in [-0.2, 0) is 49.6 Å². The van der Waals surface area contributed by atoms with Crippen molar-refractivity contribution in [3.63, 3.8) is 0 Å². The average molecular weight is 629 g/mol. The molecule has 0 atom stereocenters. The summed E-state index contributed by atoms with van der Waals surface area (Å²) in [6.45, 7) is 0. The minimum absolute atomic E-state index is 0.132. The van der Waals surface area contributed by atoms with Gasteiger partial charge in [-0.2, -0.15) is 25.3 Å². The molecule has 0 radical (unpaired) electrons. The fourth-order valence-corrected chi connectivity index (χ4v) is 8.27. The van der Waals surface area contributed by atoms with Crippen molar-refractivity contribution in [2.75, 3.05) is 18.5 Å². The average Bonchev–Trinajstić information content (AvgIpc) is 2.88. The van der Waals surface area contributed by atoms with Crippen molar-refractivity contribution in [3.05, 3.63) is 89.5 Å². The molecule has 0 spiro atoms. The van der Waals surface area contributed by atoms with Gasteiger partial charge in [0.05, 0.1) is 14.7 Å². The molecule has 13 heteroatoms. The molecule has 0 heterocycles. The van der Waals surface area contributed by atoms with E-state index in [0.29, 0.717) is 0 Å². The Morgan fingerprint density at radius 2 is 0.650 bits per heavy atom. The van der Waals surface area contributed by atoms with E-state index in [-0.39, 0.29) is 22.6 Å². The van der Waals surface area contributed by atoms with E-state index in [2.05, 4.69) is 0 Å². The third-order valence-electron chi connectivity index (χ3n) is 6.48. The molecular weight excluding hydrogens is 595 g/mol. The van der Waals surface area contributed by atoms with Gasteiger partial charge in [0.25, 0.3) is 30.4 Å². The van der Waals surface area contributed by atoms with Gasteiger partial charge in [-0.1, -0.05) is 36.4 Å². The fraction of sp³-hybridized carbons (Fsp3) is 0.333. The molecule has 218 valence electrons. The van der Waals surface area contributed by atoms with E-state index in [9.17, 15) is 25.3 Å². The van der Waals surface area contributed by atoms with Gasteiger partial charge in [0.15, 0.2) is 0 Å². The highest BCUT2D eigenvalue weighted by atomic mass is 32.2. The van der Waals surface area contributed by atoms with Gasteiger partial charge in [0, 0.05) is 0 Å². The van der Waals surface area contributed by atoms with Gasteiger partial charge < -0.3 is 0 Å². The van der Waals surface area contributed by atoms with Gasteiger partial charge in [-0.3, -0.25) is 13.7 Å². The molecule has 0 fully saturated rings. The van der Waals surface area contributed by atoms with Crippen LogP contribution >= 0.6 is 7.92 Å². The zero-order valence-corrected chi connectivity index (χ0v) is 25.1. The molecule has 40 heavy (non-hydrogen) atoms. The molecule has 0 saturated carbocycles. The molecule has 0 aromatic heterocycles. The van der Waals surface area contributed by atoms with E-state index >= 15 is 0 Å². The lowest BCUT2D eigenvalue weighted by atomic mass is 10.1. The van der Waals surface area contributed by atoms with Crippen molar-refractivity contribution < 1.29 is 38.9 Å². The van der Waals surface area contributed by atoms with Crippen LogP contribution in [0.25, 0.3) is 0 Å². The van der Waals surface area contributed by atoms with E-state index in [4.69, 9.17) is 13.7 Å². The maximum Gasteiger partial charge on any atom is 0.294 e. The highest BCUT2D eigenvalue weighted by molar-refractivity contribution is 7.86. The second-order valence-corrected chi connectivity index (χ2v) is 16.5. The first kappa shape index (κ1) is 32.3. The normalized spacial score (nSPS) is 12.6. The lowest BCUT2D eigenvalue weighted by Crippen LogP contribution is -2.02. The summed E-state index contributed by atoms with van der Waals surface area (Å²) in [6, 6.07) is 18.6. The minimum atomic E-state index is -4.22. The molecule has 3 aromatic carbocycles. The Morgan fingerprint density at radius 1 is 0.425 bits per heavy atom. The topological polar surface area (TPSA) is 163 Å². The smallest absolute Gasteiger partial charge is 0.282 e. The molecule has 3 aromatic rings. The van der Waals surface area contributed by atoms with Gasteiger partial charge in [-0.05, 0) is 110 Å². The van der Waals surface area contributed by atoms with E-state index in [1.165, 1.54) is 36.4 Å². The molecule has 0 saturated heterocycles. The first-order chi connectivity index (χ1) is 18.7. The Labute approximate surface area is 237 Å². The molecule has 0 bridgehead atoms. The van der Waals surface area contributed by atoms with Crippen LogP contribution < -0.4 is 0 Å². The summed E-state index contributed by atoms with van der Waals surface area (Å²) in [5.74, 6) is 0. The Morgan fingerprint density at radius 3 is 0.850 bits per heavy atom. The van der Waals surface area contributed by atoms with E-state index in [1.54, 1.807) is 36.4 Å². The van der Waals surface area contributed by atoms with Crippen LogP contribution in [0.2, 0.25) is 0 Å². The zero-order valence-electron chi connectivity index (χ0n) is 21.8. The van der Waals surface area contributed by atoms with Crippen molar-refractivity contribution in [3.8, 4) is 0 Å². The van der Waals surface area contributed by atoms with Crippen molar-refractivity contribution >= 4 is 38.3 Å².